The first-order valence-electron chi connectivity index (χ1n) is 14.5. The average molecular weight is 497 g/mol. The van der Waals surface area contributed by atoms with Gasteiger partial charge in [0.25, 0.3) is 0 Å². The van der Waals surface area contributed by atoms with Crippen LogP contribution in [0.4, 0.5) is 34.1 Å². The normalized spacial score (nSPS) is 12.1. The maximum atomic E-state index is 8.14. The van der Waals surface area contributed by atoms with E-state index in [4.69, 9.17) is 5.48 Å². The summed E-state index contributed by atoms with van der Waals surface area (Å²) in [6.07, 6.45) is 0. The standard InChI is InChI=1S/C36H28N2/c1-5-13-31(14-6-1)37(32-15-7-2-8-16-32)35-25-21-29(22-26-35)30-23-27-36(28-24-30)38(33-17-9-3-10-18-33)34-19-11-4-12-20-34/h1-28H/i5T,7T,9T,11T. The van der Waals surface area contributed by atoms with Gasteiger partial charge in [0.05, 0.1) is 5.48 Å². The van der Waals surface area contributed by atoms with Crippen molar-refractivity contribution in [3.05, 3.63) is 170 Å². The van der Waals surface area contributed by atoms with Crippen molar-refractivity contribution in [2.24, 2.45) is 0 Å². The molecule has 0 aliphatic heterocycles. The first-order chi connectivity index (χ1) is 20.4. The van der Waals surface area contributed by atoms with Crippen LogP contribution >= 0.6 is 0 Å². The molecule has 6 aromatic rings. The summed E-state index contributed by atoms with van der Waals surface area (Å²) in [6, 6.07) is 47.9. The lowest BCUT2D eigenvalue weighted by atomic mass is 10.0. The fourth-order valence-corrected chi connectivity index (χ4v) is 4.59. The first kappa shape index (κ1) is 19.1. The smallest absolute Gasteiger partial charge is 0.0623 e. The van der Waals surface area contributed by atoms with Gasteiger partial charge in [-0.3, -0.25) is 0 Å². The maximum Gasteiger partial charge on any atom is 0.0623 e. The van der Waals surface area contributed by atoms with Crippen molar-refractivity contribution in [2.75, 3.05) is 9.80 Å². The third-order valence-corrected chi connectivity index (χ3v) is 6.38. The van der Waals surface area contributed by atoms with Crippen LogP contribution in [0, 0.1) is 0 Å². The lowest BCUT2D eigenvalue weighted by Crippen LogP contribution is -2.09. The van der Waals surface area contributed by atoms with Crippen LogP contribution in [0.5, 0.6) is 0 Å². The molecule has 0 atom stereocenters. The van der Waals surface area contributed by atoms with Crippen molar-refractivity contribution in [2.45, 2.75) is 0 Å². The fraction of sp³-hybridized carbons (Fsp3) is 0. The van der Waals surface area contributed by atoms with E-state index in [1.54, 1.807) is 24.3 Å². The van der Waals surface area contributed by atoms with Gasteiger partial charge in [0.2, 0.25) is 0 Å². The SMILES string of the molecule is [3H]c1cccc(N(c2ccc(-c3ccc(N(c4cccc([3H])c4)c4cccc([3H])c4)cc3)cc2)c2cccc([3H])c2)c1. The molecule has 38 heavy (non-hydrogen) atoms. The molecular formula is C36H28N2. The van der Waals surface area contributed by atoms with Gasteiger partial charge in [0, 0.05) is 34.1 Å². The van der Waals surface area contributed by atoms with E-state index in [1.807, 2.05) is 72.8 Å². The fourth-order valence-electron chi connectivity index (χ4n) is 4.59. The lowest BCUT2D eigenvalue weighted by Gasteiger charge is -2.26. The molecule has 0 fully saturated rings. The van der Waals surface area contributed by atoms with Crippen molar-refractivity contribution >= 4 is 34.1 Å². The number of nitrogens with zero attached hydrogens (tertiary/aromatic N) is 2. The van der Waals surface area contributed by atoms with E-state index in [0.717, 1.165) is 45.3 Å². The third kappa shape index (κ3) is 4.93. The van der Waals surface area contributed by atoms with Gasteiger partial charge in [0.1, 0.15) is 0 Å². The Morgan fingerprint density at radius 3 is 0.816 bits per heavy atom. The highest BCUT2D eigenvalue weighted by molar-refractivity contribution is 5.80. The molecule has 6 aromatic carbocycles. The zero-order valence-electron chi connectivity index (χ0n) is 24.8. The molecule has 0 saturated carbocycles. The third-order valence-electron chi connectivity index (χ3n) is 6.38. The second-order valence-electron chi connectivity index (χ2n) is 8.81. The number of rotatable bonds is 7. The van der Waals surface area contributed by atoms with Gasteiger partial charge in [-0.05, 0) is 83.9 Å². The molecule has 2 heteroatoms. The molecule has 0 amide bonds. The Labute approximate surface area is 230 Å². The van der Waals surface area contributed by atoms with Crippen molar-refractivity contribution in [3.63, 3.8) is 0 Å². The zero-order valence-corrected chi connectivity index (χ0v) is 20.8. The summed E-state index contributed by atoms with van der Waals surface area (Å²) >= 11 is 0. The minimum atomic E-state index is 0.425. The van der Waals surface area contributed by atoms with Crippen molar-refractivity contribution in [1.82, 2.24) is 0 Å². The predicted molar refractivity (Wildman–Crippen MR) is 161 cm³/mol. The monoisotopic (exact) mass is 496 g/mol. The van der Waals surface area contributed by atoms with E-state index in [-0.39, 0.29) is 0 Å². The van der Waals surface area contributed by atoms with E-state index in [0.29, 0.717) is 24.2 Å². The van der Waals surface area contributed by atoms with Crippen LogP contribution in [0.1, 0.15) is 5.48 Å². The van der Waals surface area contributed by atoms with Gasteiger partial charge in [-0.15, -0.1) is 0 Å². The molecule has 0 saturated heterocycles. The van der Waals surface area contributed by atoms with Crippen LogP contribution in [-0.2, 0) is 0 Å². The molecule has 0 bridgehead atoms. The summed E-state index contributed by atoms with van der Waals surface area (Å²) in [4.78, 5) is 4.11. The van der Waals surface area contributed by atoms with Crippen molar-refractivity contribution < 1.29 is 5.48 Å². The second kappa shape index (κ2) is 10.9. The summed E-state index contributed by atoms with van der Waals surface area (Å²) < 4.78 is 32.5. The van der Waals surface area contributed by atoms with Crippen molar-refractivity contribution in [1.29, 1.82) is 0 Å². The van der Waals surface area contributed by atoms with Crippen LogP contribution in [0.3, 0.4) is 0 Å². The minimum absolute atomic E-state index is 0.425. The highest BCUT2D eigenvalue weighted by Crippen LogP contribution is 2.37. The summed E-state index contributed by atoms with van der Waals surface area (Å²) in [6.45, 7) is 0. The lowest BCUT2D eigenvalue weighted by molar-refractivity contribution is 1.28. The molecule has 182 valence electrons. The number of hydrogen-bond donors (Lipinski definition) is 0. The first-order valence-corrected chi connectivity index (χ1v) is 12.5. The van der Waals surface area contributed by atoms with Gasteiger partial charge in [-0.25, -0.2) is 0 Å². The second-order valence-corrected chi connectivity index (χ2v) is 8.81. The Kier molecular flexibility index (Phi) is 5.47. The van der Waals surface area contributed by atoms with Crippen LogP contribution in [0.2, 0.25) is 0 Å². The molecule has 0 N–H and O–H groups in total. The molecule has 0 radical (unpaired) electrons. The van der Waals surface area contributed by atoms with Crippen LogP contribution in [0.15, 0.2) is 170 Å². The molecule has 0 aromatic heterocycles. The summed E-state index contributed by atoms with van der Waals surface area (Å²) in [7, 11) is 0. The Hall–Kier alpha value is -5.08. The number of hydrogen-bond acceptors (Lipinski definition) is 2. The molecule has 0 aliphatic rings. The van der Waals surface area contributed by atoms with Gasteiger partial charge in [-0.2, -0.15) is 0 Å². The van der Waals surface area contributed by atoms with Crippen LogP contribution < -0.4 is 9.80 Å². The van der Waals surface area contributed by atoms with E-state index < -0.39 is 0 Å². The van der Waals surface area contributed by atoms with Gasteiger partial charge >= 0.3 is 0 Å². The quantitative estimate of drug-likeness (QED) is 0.217. The van der Waals surface area contributed by atoms with Gasteiger partial charge in [-0.1, -0.05) is 97.0 Å². The summed E-state index contributed by atoms with van der Waals surface area (Å²) in [5.41, 5.74) is 7.42. The van der Waals surface area contributed by atoms with Crippen molar-refractivity contribution in [3.8, 4) is 11.1 Å². The van der Waals surface area contributed by atoms with E-state index in [2.05, 4.69) is 58.3 Å². The Balaban J connectivity index is 1.33. The molecule has 0 spiro atoms. The highest BCUT2D eigenvalue weighted by atomic mass is 15.1. The Bertz CT molecular complexity index is 1610. The molecular weight excluding hydrogens is 460 g/mol. The molecule has 0 heterocycles. The van der Waals surface area contributed by atoms with Gasteiger partial charge in [0.15, 0.2) is 0 Å². The van der Waals surface area contributed by atoms with Crippen LogP contribution in [-0.4, -0.2) is 0 Å². The summed E-state index contributed by atoms with van der Waals surface area (Å²) in [5, 5.41) is 0. The number of benzene rings is 6. The average Bonchev–Trinajstić information content (AvgIpc) is 2.99. The van der Waals surface area contributed by atoms with E-state index in [1.165, 1.54) is 0 Å². The van der Waals surface area contributed by atoms with E-state index in [9.17, 15) is 0 Å². The van der Waals surface area contributed by atoms with Gasteiger partial charge < -0.3 is 9.80 Å². The Morgan fingerprint density at radius 2 is 0.553 bits per heavy atom. The minimum Gasteiger partial charge on any atom is -0.311 e. The highest BCUT2D eigenvalue weighted by Gasteiger charge is 2.13. The topological polar surface area (TPSA) is 6.48 Å². The Morgan fingerprint density at radius 1 is 0.289 bits per heavy atom. The predicted octanol–water partition coefficient (Wildman–Crippen LogP) is 10.3. The molecule has 2 nitrogen and oxygen atoms in total. The molecule has 6 rings (SSSR count). The van der Waals surface area contributed by atoms with Crippen LogP contribution in [0.25, 0.3) is 11.1 Å². The summed E-state index contributed by atoms with van der Waals surface area (Å²) in [5.74, 6) is 0. The maximum absolute atomic E-state index is 8.14. The van der Waals surface area contributed by atoms with E-state index >= 15 is 0 Å². The number of para-hydroxylation sites is 4. The largest absolute Gasteiger partial charge is 0.311 e. The number of anilines is 6. The molecule has 0 aliphatic carbocycles. The zero-order chi connectivity index (χ0) is 29.1. The molecule has 0 unspecified atom stereocenters.